The van der Waals surface area contributed by atoms with Crippen LogP contribution in [0, 0.1) is 0 Å². The minimum absolute atomic E-state index is 0.0193. The Balaban J connectivity index is 1.23. The maximum Gasteiger partial charge on any atom is 0.297 e. The van der Waals surface area contributed by atoms with E-state index in [1.165, 1.54) is 67.2 Å². The summed E-state index contributed by atoms with van der Waals surface area (Å²) in [7, 11) is 0. The zero-order valence-electron chi connectivity index (χ0n) is 39.3. The first-order valence-corrected chi connectivity index (χ1v) is 23.1. The molecular weight excluding hydrogens is 777 g/mol. The van der Waals surface area contributed by atoms with Gasteiger partial charge in [0.25, 0.3) is 6.71 Å². The summed E-state index contributed by atoms with van der Waals surface area (Å²) in [6.45, 7) is 25.3. The van der Waals surface area contributed by atoms with Crippen molar-refractivity contribution in [3.63, 3.8) is 0 Å². The fraction of sp³-hybridized carbons (Fsp3) is 0.254. The van der Waals surface area contributed by atoms with Crippen LogP contribution in [-0.4, -0.2) is 6.71 Å². The highest BCUT2D eigenvalue weighted by Crippen LogP contribution is 2.55. The SMILES string of the molecule is CC(C)(C)c1ccc(N2c3ccc(C(C)(C)C)cc3B3c4oc5cc6c(cc5c4N(c4ccc(C(C)(C)C)cc4)c4cccc2c43)N(c2ccccc2)c2ccccc2C6(C)C)cc1. The number of benzene rings is 7. The predicted octanol–water partition coefficient (Wildman–Crippen LogP) is 14.5. The lowest BCUT2D eigenvalue weighted by Gasteiger charge is -2.43. The molecule has 3 aliphatic heterocycles. The van der Waals surface area contributed by atoms with Crippen molar-refractivity contribution >= 4 is 85.5 Å². The maximum atomic E-state index is 7.56. The Morgan fingerprint density at radius 2 is 0.953 bits per heavy atom. The molecular formula is C59H58BN3O. The normalized spacial score (nSPS) is 15.1. The lowest BCUT2D eigenvalue weighted by atomic mass is 9.35. The number of hydrogen-bond acceptors (Lipinski definition) is 4. The molecule has 0 aliphatic carbocycles. The Hall–Kier alpha value is -6.46. The lowest BCUT2D eigenvalue weighted by Crippen LogP contribution is -2.61. The molecule has 0 atom stereocenters. The van der Waals surface area contributed by atoms with Crippen molar-refractivity contribution in [3.8, 4) is 0 Å². The second-order valence-electron chi connectivity index (χ2n) is 21.9. The van der Waals surface area contributed by atoms with Gasteiger partial charge in [0, 0.05) is 44.9 Å². The Morgan fingerprint density at radius 1 is 0.438 bits per heavy atom. The number of para-hydroxylation sites is 2. The molecule has 5 heteroatoms. The molecule has 318 valence electrons. The highest BCUT2D eigenvalue weighted by Gasteiger charge is 2.48. The van der Waals surface area contributed by atoms with Crippen LogP contribution in [-0.2, 0) is 21.7 Å². The molecule has 0 bridgehead atoms. The van der Waals surface area contributed by atoms with Gasteiger partial charge in [-0.2, -0.15) is 0 Å². The molecule has 4 heterocycles. The first-order chi connectivity index (χ1) is 30.4. The van der Waals surface area contributed by atoms with E-state index in [-0.39, 0.29) is 28.4 Å². The van der Waals surface area contributed by atoms with Crippen LogP contribution in [0.4, 0.5) is 51.2 Å². The molecule has 0 saturated carbocycles. The van der Waals surface area contributed by atoms with Gasteiger partial charge in [-0.3, -0.25) is 0 Å². The van der Waals surface area contributed by atoms with E-state index in [1.54, 1.807) is 0 Å². The van der Waals surface area contributed by atoms with Crippen LogP contribution in [0.5, 0.6) is 0 Å². The van der Waals surface area contributed by atoms with Crippen LogP contribution < -0.4 is 31.3 Å². The molecule has 8 aromatic rings. The second-order valence-corrected chi connectivity index (χ2v) is 21.9. The molecule has 3 aliphatic rings. The van der Waals surface area contributed by atoms with Crippen LogP contribution in [0.25, 0.3) is 11.0 Å². The fourth-order valence-electron chi connectivity index (χ4n) is 10.7. The Labute approximate surface area is 380 Å². The van der Waals surface area contributed by atoms with Crippen LogP contribution in [0.1, 0.15) is 104 Å². The average molecular weight is 836 g/mol. The number of fused-ring (bicyclic) bond motifs is 8. The van der Waals surface area contributed by atoms with Crippen LogP contribution in [0.15, 0.2) is 156 Å². The third-order valence-electron chi connectivity index (χ3n) is 14.3. The molecule has 0 saturated heterocycles. The highest BCUT2D eigenvalue weighted by molar-refractivity contribution is 7.00. The number of furan rings is 1. The number of anilines is 9. The fourth-order valence-corrected chi connectivity index (χ4v) is 10.7. The molecule has 1 aromatic heterocycles. The Bertz CT molecular complexity index is 3140. The molecule has 0 fully saturated rings. The summed E-state index contributed by atoms with van der Waals surface area (Å²) in [5, 5.41) is 1.11. The number of nitrogens with zero attached hydrogens (tertiary/aromatic N) is 3. The number of hydrogen-bond donors (Lipinski definition) is 0. The summed E-state index contributed by atoms with van der Waals surface area (Å²) >= 11 is 0. The van der Waals surface area contributed by atoms with Crippen LogP contribution >= 0.6 is 0 Å². The van der Waals surface area contributed by atoms with Crippen LogP contribution in [0.3, 0.4) is 0 Å². The molecule has 0 N–H and O–H groups in total. The van der Waals surface area contributed by atoms with Crippen LogP contribution in [0.2, 0.25) is 0 Å². The summed E-state index contributed by atoms with van der Waals surface area (Å²) in [5.41, 5.74) is 21.1. The van der Waals surface area contributed by atoms with Gasteiger partial charge in [0.2, 0.25) is 0 Å². The smallest absolute Gasteiger partial charge is 0.297 e. The third-order valence-corrected chi connectivity index (χ3v) is 14.3. The maximum absolute atomic E-state index is 7.56. The average Bonchev–Trinajstić information content (AvgIpc) is 3.63. The van der Waals surface area contributed by atoms with E-state index in [4.69, 9.17) is 4.42 Å². The Kier molecular flexibility index (Phi) is 8.68. The van der Waals surface area contributed by atoms with Gasteiger partial charge >= 0.3 is 0 Å². The molecule has 0 unspecified atom stereocenters. The van der Waals surface area contributed by atoms with Crippen molar-refractivity contribution in [2.75, 3.05) is 14.7 Å². The van der Waals surface area contributed by atoms with Crippen molar-refractivity contribution in [2.45, 2.75) is 97.8 Å². The first kappa shape index (κ1) is 40.3. The van der Waals surface area contributed by atoms with Gasteiger partial charge in [-0.15, -0.1) is 0 Å². The van der Waals surface area contributed by atoms with Crippen molar-refractivity contribution in [2.24, 2.45) is 0 Å². The Morgan fingerprint density at radius 3 is 1.58 bits per heavy atom. The monoisotopic (exact) mass is 835 g/mol. The van der Waals surface area contributed by atoms with E-state index >= 15 is 0 Å². The summed E-state index contributed by atoms with van der Waals surface area (Å²) in [6, 6.07) is 57.1. The zero-order chi connectivity index (χ0) is 44.7. The topological polar surface area (TPSA) is 22.9 Å². The third kappa shape index (κ3) is 6.03. The second kappa shape index (κ2) is 13.8. The minimum Gasteiger partial charge on any atom is -0.468 e. The van der Waals surface area contributed by atoms with E-state index < -0.39 is 0 Å². The van der Waals surface area contributed by atoms with Gasteiger partial charge in [-0.05, 0) is 128 Å². The van der Waals surface area contributed by atoms with E-state index in [0.29, 0.717) is 0 Å². The summed E-state index contributed by atoms with van der Waals surface area (Å²) in [4.78, 5) is 7.46. The molecule has 11 rings (SSSR count). The van der Waals surface area contributed by atoms with Gasteiger partial charge in [0.05, 0.1) is 22.7 Å². The molecule has 0 radical (unpaired) electrons. The lowest BCUT2D eigenvalue weighted by molar-refractivity contribution is 0.590. The quantitative estimate of drug-likeness (QED) is 0.165. The molecule has 0 spiro atoms. The van der Waals surface area contributed by atoms with Gasteiger partial charge in [-0.25, -0.2) is 0 Å². The predicted molar refractivity (Wildman–Crippen MR) is 273 cm³/mol. The van der Waals surface area contributed by atoms with Crippen molar-refractivity contribution < 1.29 is 4.42 Å². The summed E-state index contributed by atoms with van der Waals surface area (Å²) in [6.07, 6.45) is 0. The summed E-state index contributed by atoms with van der Waals surface area (Å²) < 4.78 is 7.56. The largest absolute Gasteiger partial charge is 0.468 e. The van der Waals surface area contributed by atoms with Gasteiger partial charge < -0.3 is 19.1 Å². The zero-order valence-corrected chi connectivity index (χ0v) is 39.3. The van der Waals surface area contributed by atoms with E-state index in [9.17, 15) is 0 Å². The molecule has 7 aromatic carbocycles. The first-order valence-electron chi connectivity index (χ1n) is 23.1. The molecule has 4 nitrogen and oxygen atoms in total. The van der Waals surface area contributed by atoms with E-state index in [1.807, 2.05) is 0 Å². The van der Waals surface area contributed by atoms with Crippen molar-refractivity contribution in [1.82, 2.24) is 0 Å². The highest BCUT2D eigenvalue weighted by atomic mass is 16.3. The van der Waals surface area contributed by atoms with Crippen molar-refractivity contribution in [3.05, 3.63) is 179 Å². The minimum atomic E-state index is -0.278. The molecule has 0 amide bonds. The van der Waals surface area contributed by atoms with Gasteiger partial charge in [-0.1, -0.05) is 155 Å². The van der Waals surface area contributed by atoms with Crippen molar-refractivity contribution in [1.29, 1.82) is 0 Å². The van der Waals surface area contributed by atoms with Gasteiger partial charge in [0.15, 0.2) is 0 Å². The summed E-state index contributed by atoms with van der Waals surface area (Å²) in [5.74, 6) is 0. The molecule has 64 heavy (non-hydrogen) atoms. The van der Waals surface area contributed by atoms with Gasteiger partial charge in [0.1, 0.15) is 5.58 Å². The standard InChI is InChI=1S/C59H58BN3O/c1-56(2,3)37-24-29-41(30-25-37)62-48-33-28-39(58(7,8)9)34-46(48)60-53-49(62)22-17-23-50(53)63(42-31-26-38(27-32-42)57(4,5)6)54-43-35-51-45(36-52(43)64-55(54)60)59(10,11)44-20-15-16-21-47(44)61(51)40-18-13-12-14-19-40/h12-36H,1-11H3. The van der Waals surface area contributed by atoms with E-state index in [2.05, 4.69) is 243 Å². The van der Waals surface area contributed by atoms with E-state index in [0.717, 1.165) is 39.4 Å². The number of rotatable bonds is 3.